The molecule has 0 radical (unpaired) electrons. The van der Waals surface area contributed by atoms with Gasteiger partial charge in [0.05, 0.1) is 6.04 Å². The number of hydrogen-bond acceptors (Lipinski definition) is 3. The molecule has 0 fully saturated rings. The first-order chi connectivity index (χ1) is 12.2. The molecular formula is C21H24N2O2. The van der Waals surface area contributed by atoms with Crippen LogP contribution in [0.4, 0.5) is 0 Å². The second-order valence-corrected chi connectivity index (χ2v) is 6.36. The van der Waals surface area contributed by atoms with E-state index in [0.717, 1.165) is 6.42 Å². The molecule has 0 unspecified atom stereocenters. The van der Waals surface area contributed by atoms with Gasteiger partial charge in [0.15, 0.2) is 0 Å². The number of nitrogens with one attached hydrogen (secondary N) is 1. The third-order valence-corrected chi connectivity index (χ3v) is 4.76. The molecule has 25 heavy (non-hydrogen) atoms. The number of amides is 1. The summed E-state index contributed by atoms with van der Waals surface area (Å²) in [5, 5.41) is 11.9. The molecule has 0 saturated heterocycles. The van der Waals surface area contributed by atoms with Crippen LogP contribution in [0.5, 0.6) is 0 Å². The van der Waals surface area contributed by atoms with Crippen molar-refractivity contribution in [1.29, 1.82) is 0 Å². The molecule has 1 amide bonds. The van der Waals surface area contributed by atoms with E-state index < -0.39 is 0 Å². The van der Waals surface area contributed by atoms with E-state index in [2.05, 4.69) is 24.1 Å². The zero-order chi connectivity index (χ0) is 17.6. The lowest BCUT2D eigenvalue weighted by Crippen LogP contribution is -2.50. The number of hydrogen-bond donors (Lipinski definition) is 2. The van der Waals surface area contributed by atoms with Crippen LogP contribution < -0.4 is 5.43 Å². The number of hydrazine groups is 1. The minimum absolute atomic E-state index is 0.0185. The van der Waals surface area contributed by atoms with Gasteiger partial charge in [-0.25, -0.2) is 5.01 Å². The molecule has 2 aromatic rings. The summed E-state index contributed by atoms with van der Waals surface area (Å²) in [5.74, 6) is -0.143. The molecule has 2 atom stereocenters. The Labute approximate surface area is 148 Å². The molecule has 1 aliphatic rings. The van der Waals surface area contributed by atoms with Gasteiger partial charge >= 0.3 is 0 Å². The number of allylic oxidation sites excluding steroid dienone is 1. The molecule has 0 spiro atoms. The first kappa shape index (κ1) is 17.4. The lowest BCUT2D eigenvalue weighted by atomic mass is 9.84. The lowest BCUT2D eigenvalue weighted by molar-refractivity contribution is 0.0386. The van der Waals surface area contributed by atoms with Gasteiger partial charge in [-0.2, -0.15) is 0 Å². The lowest BCUT2D eigenvalue weighted by Gasteiger charge is -2.41. The van der Waals surface area contributed by atoms with Crippen molar-refractivity contribution in [3.05, 3.63) is 83.9 Å². The Kier molecular flexibility index (Phi) is 5.64. The number of aliphatic hydroxyl groups is 1. The molecule has 2 N–H and O–H groups in total. The average Bonchev–Trinajstić information content (AvgIpc) is 2.67. The predicted molar refractivity (Wildman–Crippen MR) is 98.9 cm³/mol. The van der Waals surface area contributed by atoms with E-state index in [1.807, 2.05) is 41.4 Å². The van der Waals surface area contributed by atoms with E-state index >= 15 is 0 Å². The second-order valence-electron chi connectivity index (χ2n) is 6.36. The van der Waals surface area contributed by atoms with Crippen LogP contribution in [0, 0.1) is 5.92 Å². The SMILES string of the molecule is C=CC[C@H](CO)[C@H]1c2ccccc2CCN1NC(=O)c1ccccc1. The van der Waals surface area contributed by atoms with E-state index in [4.69, 9.17) is 0 Å². The van der Waals surface area contributed by atoms with Crippen LogP contribution in [-0.4, -0.2) is 29.2 Å². The van der Waals surface area contributed by atoms with Crippen LogP contribution in [-0.2, 0) is 6.42 Å². The molecule has 2 aromatic carbocycles. The summed E-state index contributed by atoms with van der Waals surface area (Å²) in [6, 6.07) is 17.4. The molecule has 4 heteroatoms. The van der Waals surface area contributed by atoms with Crippen molar-refractivity contribution in [2.24, 2.45) is 5.92 Å². The second kappa shape index (κ2) is 8.10. The molecule has 0 aromatic heterocycles. The van der Waals surface area contributed by atoms with Crippen molar-refractivity contribution in [3.8, 4) is 0 Å². The van der Waals surface area contributed by atoms with Crippen molar-refractivity contribution in [2.75, 3.05) is 13.2 Å². The molecule has 130 valence electrons. The van der Waals surface area contributed by atoms with Gasteiger partial charge in [0.2, 0.25) is 0 Å². The summed E-state index contributed by atoms with van der Waals surface area (Å²) >= 11 is 0. The fourth-order valence-electron chi connectivity index (χ4n) is 3.53. The Balaban J connectivity index is 1.89. The Hall–Kier alpha value is -2.43. The van der Waals surface area contributed by atoms with Gasteiger partial charge in [0, 0.05) is 24.6 Å². The van der Waals surface area contributed by atoms with Crippen molar-refractivity contribution in [3.63, 3.8) is 0 Å². The molecular weight excluding hydrogens is 312 g/mol. The fraction of sp³-hybridized carbons (Fsp3) is 0.286. The normalized spacial score (nSPS) is 18.2. The third-order valence-electron chi connectivity index (χ3n) is 4.76. The maximum absolute atomic E-state index is 12.6. The topological polar surface area (TPSA) is 52.6 Å². The number of benzene rings is 2. The van der Waals surface area contributed by atoms with Gasteiger partial charge in [-0.3, -0.25) is 10.2 Å². The minimum Gasteiger partial charge on any atom is -0.396 e. The van der Waals surface area contributed by atoms with Crippen LogP contribution in [0.1, 0.15) is 33.9 Å². The summed E-state index contributed by atoms with van der Waals surface area (Å²) in [6.07, 6.45) is 3.39. The minimum atomic E-state index is -0.125. The standard InChI is InChI=1S/C21H24N2O2/c1-2-8-18(15-24)20-19-12-7-6-9-16(19)13-14-23(20)22-21(25)17-10-4-3-5-11-17/h2-7,9-12,18,20,24H,1,8,13-15H2,(H,22,25)/t18-,20+/m1/s1. The van der Waals surface area contributed by atoms with Gasteiger partial charge in [-0.15, -0.1) is 6.58 Å². The number of fused-ring (bicyclic) bond motifs is 1. The zero-order valence-electron chi connectivity index (χ0n) is 14.3. The molecule has 4 nitrogen and oxygen atoms in total. The molecule has 1 heterocycles. The first-order valence-corrected chi connectivity index (χ1v) is 8.66. The number of rotatable bonds is 6. The average molecular weight is 336 g/mol. The number of carbonyl (C=O) groups is 1. The Morgan fingerprint density at radius 1 is 1.24 bits per heavy atom. The maximum atomic E-state index is 12.6. The van der Waals surface area contributed by atoms with Crippen LogP contribution in [0.15, 0.2) is 67.3 Å². The van der Waals surface area contributed by atoms with E-state index in [-0.39, 0.29) is 24.5 Å². The summed E-state index contributed by atoms with van der Waals surface area (Å²) in [6.45, 7) is 4.58. The van der Waals surface area contributed by atoms with Gasteiger partial charge in [-0.05, 0) is 36.1 Å². The van der Waals surface area contributed by atoms with Crippen LogP contribution in [0.2, 0.25) is 0 Å². The monoisotopic (exact) mass is 336 g/mol. The predicted octanol–water partition coefficient (Wildman–Crippen LogP) is 3.12. The number of aliphatic hydroxyl groups excluding tert-OH is 1. The Morgan fingerprint density at radius 3 is 2.68 bits per heavy atom. The third kappa shape index (κ3) is 3.81. The highest BCUT2D eigenvalue weighted by Gasteiger charge is 2.33. The van der Waals surface area contributed by atoms with Crippen molar-refractivity contribution < 1.29 is 9.90 Å². The van der Waals surface area contributed by atoms with Gasteiger partial charge in [0.1, 0.15) is 0 Å². The summed E-state index contributed by atoms with van der Waals surface area (Å²) < 4.78 is 0. The van der Waals surface area contributed by atoms with E-state index in [1.165, 1.54) is 11.1 Å². The van der Waals surface area contributed by atoms with E-state index in [9.17, 15) is 9.90 Å². The Morgan fingerprint density at radius 2 is 1.96 bits per heavy atom. The number of carbonyl (C=O) groups excluding carboxylic acids is 1. The highest BCUT2D eigenvalue weighted by Crippen LogP contribution is 2.35. The smallest absolute Gasteiger partial charge is 0.265 e. The van der Waals surface area contributed by atoms with Gasteiger partial charge in [0.25, 0.3) is 5.91 Å². The maximum Gasteiger partial charge on any atom is 0.265 e. The fourth-order valence-corrected chi connectivity index (χ4v) is 3.53. The van der Waals surface area contributed by atoms with Gasteiger partial charge in [-0.1, -0.05) is 48.5 Å². The first-order valence-electron chi connectivity index (χ1n) is 8.66. The molecule has 1 aliphatic heterocycles. The summed E-state index contributed by atoms with van der Waals surface area (Å²) in [7, 11) is 0. The summed E-state index contributed by atoms with van der Waals surface area (Å²) in [4.78, 5) is 12.6. The summed E-state index contributed by atoms with van der Waals surface area (Å²) in [5.41, 5.74) is 6.12. The van der Waals surface area contributed by atoms with Crippen LogP contribution >= 0.6 is 0 Å². The van der Waals surface area contributed by atoms with Crippen molar-refractivity contribution in [1.82, 2.24) is 10.4 Å². The largest absolute Gasteiger partial charge is 0.396 e. The van der Waals surface area contributed by atoms with Gasteiger partial charge < -0.3 is 5.11 Å². The van der Waals surface area contributed by atoms with Crippen molar-refractivity contribution in [2.45, 2.75) is 18.9 Å². The highest BCUT2D eigenvalue weighted by molar-refractivity contribution is 5.93. The van der Waals surface area contributed by atoms with Crippen LogP contribution in [0.25, 0.3) is 0 Å². The highest BCUT2D eigenvalue weighted by atomic mass is 16.3. The van der Waals surface area contributed by atoms with Crippen LogP contribution in [0.3, 0.4) is 0 Å². The molecule has 0 aliphatic carbocycles. The molecule has 3 rings (SSSR count). The van der Waals surface area contributed by atoms with E-state index in [0.29, 0.717) is 18.5 Å². The molecule has 0 saturated carbocycles. The Bertz CT molecular complexity index is 730. The van der Waals surface area contributed by atoms with Crippen molar-refractivity contribution >= 4 is 5.91 Å². The molecule has 0 bridgehead atoms. The zero-order valence-corrected chi connectivity index (χ0v) is 14.3. The van der Waals surface area contributed by atoms with E-state index in [1.54, 1.807) is 12.1 Å². The number of nitrogens with zero attached hydrogens (tertiary/aromatic N) is 1. The quantitative estimate of drug-likeness (QED) is 0.797.